The van der Waals surface area contributed by atoms with E-state index >= 15 is 0 Å². The fraction of sp³-hybridized carbons (Fsp3) is 0.125. The molecule has 0 fully saturated rings. The second-order valence-electron chi connectivity index (χ2n) is 3.87. The number of rotatable bonds is 3. The van der Waals surface area contributed by atoms with Crippen molar-refractivity contribution in [2.75, 3.05) is 18.9 Å². The third-order valence-corrected chi connectivity index (χ3v) is 2.47. The highest BCUT2D eigenvalue weighted by Crippen LogP contribution is 2.19. The first-order valence-corrected chi connectivity index (χ1v) is 5.95. The van der Waals surface area contributed by atoms with Crippen LogP contribution in [0.5, 0.6) is 0 Å². The predicted molar refractivity (Wildman–Crippen MR) is 77.0 cm³/mol. The van der Waals surface area contributed by atoms with Gasteiger partial charge in [-0.25, -0.2) is 0 Å². The normalized spacial score (nSPS) is 9.39. The van der Waals surface area contributed by atoms with Crippen molar-refractivity contribution < 1.29 is 0 Å². The maximum atomic E-state index is 3.38. The minimum Gasteiger partial charge on any atom is -0.355 e. The first-order chi connectivity index (χ1) is 8.90. The molecule has 90 valence electrons. The van der Waals surface area contributed by atoms with Crippen LogP contribution in [0.25, 0.3) is 0 Å². The third-order valence-electron chi connectivity index (χ3n) is 2.47. The molecule has 2 N–H and O–H groups in total. The summed E-state index contributed by atoms with van der Waals surface area (Å²) in [6, 6.07) is 18.2. The van der Waals surface area contributed by atoms with Gasteiger partial charge in [0.15, 0.2) is 0 Å². The van der Waals surface area contributed by atoms with Gasteiger partial charge in [-0.15, -0.1) is 0 Å². The van der Waals surface area contributed by atoms with Crippen LogP contribution in [-0.4, -0.2) is 13.6 Å². The number of nitrogens with one attached hydrogen (secondary N) is 2. The van der Waals surface area contributed by atoms with Gasteiger partial charge < -0.3 is 10.6 Å². The van der Waals surface area contributed by atoms with Crippen LogP contribution >= 0.6 is 0 Å². The molecule has 0 atom stereocenters. The zero-order valence-electron chi connectivity index (χ0n) is 10.4. The summed E-state index contributed by atoms with van der Waals surface area (Å²) in [4.78, 5) is 0. The van der Waals surface area contributed by atoms with Crippen molar-refractivity contribution in [2.24, 2.45) is 0 Å². The van der Waals surface area contributed by atoms with E-state index in [1.165, 1.54) is 0 Å². The van der Waals surface area contributed by atoms with Crippen LogP contribution in [0.1, 0.15) is 5.56 Å². The van der Waals surface area contributed by atoms with Crippen molar-refractivity contribution in [1.29, 1.82) is 0 Å². The fourth-order valence-corrected chi connectivity index (χ4v) is 1.61. The van der Waals surface area contributed by atoms with Crippen LogP contribution in [0.3, 0.4) is 0 Å². The van der Waals surface area contributed by atoms with Gasteiger partial charge in [-0.05, 0) is 31.3 Å². The zero-order valence-corrected chi connectivity index (χ0v) is 10.4. The van der Waals surface area contributed by atoms with E-state index in [2.05, 4.69) is 22.5 Å². The average Bonchev–Trinajstić information content (AvgIpc) is 2.42. The van der Waals surface area contributed by atoms with Gasteiger partial charge in [0.1, 0.15) is 0 Å². The van der Waals surface area contributed by atoms with Crippen molar-refractivity contribution in [1.82, 2.24) is 5.32 Å². The first-order valence-electron chi connectivity index (χ1n) is 5.95. The smallest absolute Gasteiger partial charge is 0.0577 e. The van der Waals surface area contributed by atoms with Crippen LogP contribution in [0.15, 0.2) is 54.6 Å². The van der Waals surface area contributed by atoms with Gasteiger partial charge in [-0.3, -0.25) is 0 Å². The number of hydrogen-bond donors (Lipinski definition) is 2. The van der Waals surface area contributed by atoms with E-state index in [1.807, 2.05) is 61.6 Å². The molecule has 0 aromatic heterocycles. The largest absolute Gasteiger partial charge is 0.355 e. The average molecular weight is 236 g/mol. The van der Waals surface area contributed by atoms with Crippen molar-refractivity contribution in [3.63, 3.8) is 0 Å². The first kappa shape index (κ1) is 12.2. The van der Waals surface area contributed by atoms with E-state index < -0.39 is 0 Å². The Bertz CT molecular complexity index is 550. The second-order valence-corrected chi connectivity index (χ2v) is 3.87. The molecule has 0 spiro atoms. The number of para-hydroxylation sites is 2. The summed E-state index contributed by atoms with van der Waals surface area (Å²) in [7, 11) is 1.89. The molecule has 0 radical (unpaired) electrons. The Morgan fingerprint density at radius 1 is 0.944 bits per heavy atom. The summed E-state index contributed by atoms with van der Waals surface area (Å²) >= 11 is 0. The highest BCUT2D eigenvalue weighted by molar-refractivity contribution is 5.67. The van der Waals surface area contributed by atoms with Gasteiger partial charge in [-0.1, -0.05) is 42.2 Å². The maximum Gasteiger partial charge on any atom is 0.0577 e. The molecule has 0 aliphatic heterocycles. The molecule has 0 amide bonds. The Hall–Kier alpha value is -2.24. The third kappa shape index (κ3) is 3.38. The predicted octanol–water partition coefficient (Wildman–Crippen LogP) is 3.00. The van der Waals surface area contributed by atoms with Crippen LogP contribution in [0, 0.1) is 11.8 Å². The maximum absolute atomic E-state index is 3.38. The summed E-state index contributed by atoms with van der Waals surface area (Å²) in [5.41, 5.74) is 3.12. The topological polar surface area (TPSA) is 24.1 Å². The van der Waals surface area contributed by atoms with Crippen molar-refractivity contribution in [3.05, 3.63) is 60.2 Å². The molecule has 0 heterocycles. The summed E-state index contributed by atoms with van der Waals surface area (Å²) in [5.74, 6) is 6.24. The lowest BCUT2D eigenvalue weighted by molar-refractivity contribution is 0.938. The second kappa shape index (κ2) is 6.48. The molecule has 0 aliphatic rings. The van der Waals surface area contributed by atoms with E-state index in [4.69, 9.17) is 0 Å². The monoisotopic (exact) mass is 236 g/mol. The van der Waals surface area contributed by atoms with Gasteiger partial charge in [0.2, 0.25) is 0 Å². The molecule has 2 heteroatoms. The minimum atomic E-state index is 0.694. The molecule has 0 saturated carbocycles. The molecule has 2 aromatic carbocycles. The molecule has 2 rings (SSSR count). The molecular formula is C16H16N2. The van der Waals surface area contributed by atoms with E-state index in [-0.39, 0.29) is 0 Å². The van der Waals surface area contributed by atoms with Crippen LogP contribution in [0.2, 0.25) is 0 Å². The highest BCUT2D eigenvalue weighted by atomic mass is 14.9. The highest BCUT2D eigenvalue weighted by Gasteiger charge is 1.98. The molecule has 18 heavy (non-hydrogen) atoms. The van der Waals surface area contributed by atoms with Crippen LogP contribution < -0.4 is 10.6 Å². The van der Waals surface area contributed by atoms with E-state index in [0.29, 0.717) is 6.54 Å². The van der Waals surface area contributed by atoms with E-state index in [0.717, 1.165) is 16.9 Å². The van der Waals surface area contributed by atoms with Gasteiger partial charge in [0.05, 0.1) is 12.2 Å². The number of hydrogen-bond acceptors (Lipinski definition) is 2. The lowest BCUT2D eigenvalue weighted by Gasteiger charge is -2.08. The van der Waals surface area contributed by atoms with Gasteiger partial charge in [-0.2, -0.15) is 0 Å². The molecular weight excluding hydrogens is 220 g/mol. The molecule has 0 saturated heterocycles. The molecule has 0 unspecified atom stereocenters. The Morgan fingerprint density at radius 2 is 1.67 bits per heavy atom. The SMILES string of the molecule is CNCC#Cc1ccccc1Nc1ccccc1. The molecule has 2 nitrogen and oxygen atoms in total. The Morgan fingerprint density at radius 3 is 2.44 bits per heavy atom. The fourth-order valence-electron chi connectivity index (χ4n) is 1.61. The number of benzene rings is 2. The molecule has 0 bridgehead atoms. The Balaban J connectivity index is 2.21. The van der Waals surface area contributed by atoms with Crippen LogP contribution in [0.4, 0.5) is 11.4 Å². The van der Waals surface area contributed by atoms with Crippen molar-refractivity contribution in [2.45, 2.75) is 0 Å². The van der Waals surface area contributed by atoms with Crippen molar-refractivity contribution >= 4 is 11.4 Å². The van der Waals surface area contributed by atoms with E-state index in [9.17, 15) is 0 Å². The lowest BCUT2D eigenvalue weighted by Crippen LogP contribution is -2.04. The quantitative estimate of drug-likeness (QED) is 0.800. The number of anilines is 2. The summed E-state index contributed by atoms with van der Waals surface area (Å²) in [6.45, 7) is 0.694. The summed E-state index contributed by atoms with van der Waals surface area (Å²) in [6.07, 6.45) is 0. The van der Waals surface area contributed by atoms with Gasteiger partial charge in [0.25, 0.3) is 0 Å². The van der Waals surface area contributed by atoms with Gasteiger partial charge in [0, 0.05) is 11.3 Å². The lowest BCUT2D eigenvalue weighted by atomic mass is 10.1. The minimum absolute atomic E-state index is 0.694. The Labute approximate surface area is 108 Å². The van der Waals surface area contributed by atoms with Crippen LogP contribution in [-0.2, 0) is 0 Å². The Kier molecular flexibility index (Phi) is 4.40. The summed E-state index contributed by atoms with van der Waals surface area (Å²) < 4.78 is 0. The standard InChI is InChI=1S/C16H16N2/c1-17-13-7-9-14-8-5-6-12-16(14)18-15-10-3-2-4-11-15/h2-6,8,10-12,17-18H,13H2,1H3. The zero-order chi connectivity index (χ0) is 12.6. The van der Waals surface area contributed by atoms with Gasteiger partial charge >= 0.3 is 0 Å². The summed E-state index contributed by atoms with van der Waals surface area (Å²) in [5, 5.41) is 6.39. The molecule has 0 aliphatic carbocycles. The van der Waals surface area contributed by atoms with Crippen molar-refractivity contribution in [3.8, 4) is 11.8 Å². The molecule has 2 aromatic rings. The van der Waals surface area contributed by atoms with E-state index in [1.54, 1.807) is 0 Å².